The summed E-state index contributed by atoms with van der Waals surface area (Å²) in [7, 11) is 0. The molecule has 2 rings (SSSR count). The van der Waals surface area contributed by atoms with E-state index >= 15 is 0 Å². The number of carbonyl (C=O) groups excluding carboxylic acids is 1. The molecule has 5 nitrogen and oxygen atoms in total. The number of aryl methyl sites for hydroxylation is 1. The first-order chi connectivity index (χ1) is 9.97. The molecule has 0 aliphatic rings. The third kappa shape index (κ3) is 3.79. The van der Waals surface area contributed by atoms with Gasteiger partial charge in [-0.15, -0.1) is 0 Å². The van der Waals surface area contributed by atoms with Gasteiger partial charge in [0.2, 0.25) is 0 Å². The van der Waals surface area contributed by atoms with Crippen LogP contribution in [0, 0.1) is 17.0 Å². The first-order valence-corrected chi connectivity index (χ1v) is 6.52. The van der Waals surface area contributed by atoms with Crippen molar-refractivity contribution in [1.82, 2.24) is 0 Å². The lowest BCUT2D eigenvalue weighted by molar-refractivity contribution is -0.384. The van der Waals surface area contributed by atoms with Crippen LogP contribution in [0.5, 0.6) is 5.75 Å². The van der Waals surface area contributed by atoms with Crippen molar-refractivity contribution in [3.05, 3.63) is 68.7 Å². The molecule has 0 N–H and O–H groups in total. The third-order valence-electron chi connectivity index (χ3n) is 2.83. The van der Waals surface area contributed by atoms with Crippen LogP contribution in [0.3, 0.4) is 0 Å². The van der Waals surface area contributed by atoms with E-state index in [-0.39, 0.29) is 23.1 Å². The highest BCUT2D eigenvalue weighted by Gasteiger charge is 2.13. The number of benzene rings is 2. The van der Waals surface area contributed by atoms with Gasteiger partial charge in [0.15, 0.2) is 12.4 Å². The Morgan fingerprint density at radius 3 is 2.67 bits per heavy atom. The maximum absolute atomic E-state index is 12.0. The number of ketones is 1. The van der Waals surface area contributed by atoms with Crippen LogP contribution in [0.15, 0.2) is 42.5 Å². The lowest BCUT2D eigenvalue weighted by Gasteiger charge is -2.06. The lowest BCUT2D eigenvalue weighted by atomic mass is 10.1. The lowest BCUT2D eigenvalue weighted by Crippen LogP contribution is -2.11. The first-order valence-electron chi connectivity index (χ1n) is 6.14. The second-order valence-electron chi connectivity index (χ2n) is 4.45. The van der Waals surface area contributed by atoms with E-state index in [2.05, 4.69) is 0 Å². The van der Waals surface area contributed by atoms with Gasteiger partial charge in [-0.05, 0) is 19.1 Å². The van der Waals surface area contributed by atoms with Crippen molar-refractivity contribution in [3.63, 3.8) is 0 Å². The minimum Gasteiger partial charge on any atom is -0.485 e. The quantitative estimate of drug-likeness (QED) is 0.478. The maximum atomic E-state index is 12.0. The Bertz CT molecular complexity index is 700. The molecule has 0 fully saturated rings. The van der Waals surface area contributed by atoms with Crippen molar-refractivity contribution in [2.24, 2.45) is 0 Å². The normalized spacial score (nSPS) is 10.2. The Labute approximate surface area is 126 Å². The molecule has 6 heteroatoms. The predicted molar refractivity (Wildman–Crippen MR) is 79.1 cm³/mol. The number of nitro benzene ring substituents is 1. The zero-order valence-corrected chi connectivity index (χ0v) is 12.0. The summed E-state index contributed by atoms with van der Waals surface area (Å²) in [5.41, 5.74) is 1.34. The van der Waals surface area contributed by atoms with Crippen molar-refractivity contribution in [1.29, 1.82) is 0 Å². The molecular weight excluding hydrogens is 294 g/mol. The van der Waals surface area contributed by atoms with Crippen molar-refractivity contribution in [2.45, 2.75) is 6.92 Å². The molecule has 0 atom stereocenters. The molecule has 21 heavy (non-hydrogen) atoms. The second kappa shape index (κ2) is 6.37. The van der Waals surface area contributed by atoms with Gasteiger partial charge >= 0.3 is 0 Å². The standard InChI is InChI=1S/C15H12ClNO4/c1-10-3-2-4-11(7-10)15(18)9-21-12-5-6-14(17(19)20)13(16)8-12/h2-8H,9H2,1H3. The first kappa shape index (κ1) is 15.0. The van der Waals surface area contributed by atoms with Crippen molar-refractivity contribution < 1.29 is 14.5 Å². The molecule has 2 aromatic rings. The third-order valence-corrected chi connectivity index (χ3v) is 3.13. The van der Waals surface area contributed by atoms with E-state index in [0.717, 1.165) is 5.56 Å². The van der Waals surface area contributed by atoms with Gasteiger partial charge in [0.25, 0.3) is 5.69 Å². The van der Waals surface area contributed by atoms with Crippen LogP contribution < -0.4 is 4.74 Å². The number of rotatable bonds is 5. The van der Waals surface area contributed by atoms with Gasteiger partial charge in [0.05, 0.1) is 4.92 Å². The molecule has 0 heterocycles. The summed E-state index contributed by atoms with van der Waals surface area (Å²) < 4.78 is 5.32. The number of nitro groups is 1. The fraction of sp³-hybridized carbons (Fsp3) is 0.133. The summed E-state index contributed by atoms with van der Waals surface area (Å²) in [5.74, 6) is 0.139. The molecule has 0 aromatic heterocycles. The Hall–Kier alpha value is -2.40. The van der Waals surface area contributed by atoms with Gasteiger partial charge in [0.1, 0.15) is 10.8 Å². The van der Waals surface area contributed by atoms with Gasteiger partial charge in [-0.3, -0.25) is 14.9 Å². The van der Waals surface area contributed by atoms with E-state index in [9.17, 15) is 14.9 Å². The van der Waals surface area contributed by atoms with E-state index in [1.807, 2.05) is 13.0 Å². The molecule has 0 saturated heterocycles. The number of hydrogen-bond donors (Lipinski definition) is 0. The van der Waals surface area contributed by atoms with Crippen LogP contribution in [-0.2, 0) is 0 Å². The number of ether oxygens (including phenoxy) is 1. The number of carbonyl (C=O) groups is 1. The highest BCUT2D eigenvalue weighted by Crippen LogP contribution is 2.28. The van der Waals surface area contributed by atoms with E-state index in [1.54, 1.807) is 18.2 Å². The molecule has 0 radical (unpaired) electrons. The van der Waals surface area contributed by atoms with Crippen LogP contribution >= 0.6 is 11.6 Å². The molecule has 0 bridgehead atoms. The van der Waals surface area contributed by atoms with E-state index < -0.39 is 4.92 Å². The zero-order chi connectivity index (χ0) is 15.4. The van der Waals surface area contributed by atoms with Crippen molar-refractivity contribution >= 4 is 23.1 Å². The average Bonchev–Trinajstić information content (AvgIpc) is 2.44. The summed E-state index contributed by atoms with van der Waals surface area (Å²) in [6.07, 6.45) is 0. The summed E-state index contributed by atoms with van der Waals surface area (Å²) in [4.78, 5) is 22.0. The van der Waals surface area contributed by atoms with Crippen LogP contribution in [0.1, 0.15) is 15.9 Å². The Kier molecular flexibility index (Phi) is 4.55. The minimum atomic E-state index is -0.579. The Balaban J connectivity index is 2.05. The molecule has 0 aliphatic heterocycles. The van der Waals surface area contributed by atoms with E-state index in [1.165, 1.54) is 18.2 Å². The number of Topliss-reactive ketones (excluding diaryl/α,β-unsaturated/α-hetero) is 1. The van der Waals surface area contributed by atoms with E-state index in [0.29, 0.717) is 11.3 Å². The van der Waals surface area contributed by atoms with Gasteiger partial charge in [-0.1, -0.05) is 35.4 Å². The highest BCUT2D eigenvalue weighted by atomic mass is 35.5. The van der Waals surface area contributed by atoms with Crippen molar-refractivity contribution in [2.75, 3.05) is 6.61 Å². The topological polar surface area (TPSA) is 69.4 Å². The fourth-order valence-corrected chi connectivity index (χ4v) is 2.02. The smallest absolute Gasteiger partial charge is 0.288 e. The SMILES string of the molecule is Cc1cccc(C(=O)COc2ccc([N+](=O)[O-])c(Cl)c2)c1. The molecule has 108 valence electrons. The van der Waals surface area contributed by atoms with E-state index in [4.69, 9.17) is 16.3 Å². The molecule has 0 spiro atoms. The number of nitrogens with zero attached hydrogens (tertiary/aromatic N) is 1. The maximum Gasteiger partial charge on any atom is 0.288 e. The summed E-state index contributed by atoms with van der Waals surface area (Å²) in [6.45, 7) is 1.74. The fourth-order valence-electron chi connectivity index (χ4n) is 1.78. The number of hydrogen-bond acceptors (Lipinski definition) is 4. The van der Waals surface area contributed by atoms with Crippen LogP contribution in [0.2, 0.25) is 5.02 Å². The molecule has 2 aromatic carbocycles. The molecule has 0 aliphatic carbocycles. The summed E-state index contributed by atoms with van der Waals surface area (Å²) >= 11 is 5.77. The predicted octanol–water partition coefficient (Wildman–Crippen LogP) is 3.82. The minimum absolute atomic E-state index is 0.0273. The second-order valence-corrected chi connectivity index (χ2v) is 4.86. The average molecular weight is 306 g/mol. The number of halogens is 1. The molecule has 0 saturated carbocycles. The van der Waals surface area contributed by atoms with Crippen LogP contribution in [-0.4, -0.2) is 17.3 Å². The van der Waals surface area contributed by atoms with Crippen LogP contribution in [0.4, 0.5) is 5.69 Å². The van der Waals surface area contributed by atoms with Gasteiger partial charge < -0.3 is 4.74 Å². The molecular formula is C15H12ClNO4. The zero-order valence-electron chi connectivity index (χ0n) is 11.2. The Morgan fingerprint density at radius 1 is 1.29 bits per heavy atom. The summed E-state index contributed by atoms with van der Waals surface area (Å²) in [6, 6.07) is 11.2. The summed E-state index contributed by atoms with van der Waals surface area (Å²) in [5, 5.41) is 10.6. The largest absolute Gasteiger partial charge is 0.485 e. The highest BCUT2D eigenvalue weighted by molar-refractivity contribution is 6.32. The molecule has 0 unspecified atom stereocenters. The molecule has 0 amide bonds. The van der Waals surface area contributed by atoms with Crippen LogP contribution in [0.25, 0.3) is 0 Å². The monoisotopic (exact) mass is 305 g/mol. The van der Waals surface area contributed by atoms with Gasteiger partial charge in [0, 0.05) is 17.7 Å². The Morgan fingerprint density at radius 2 is 2.05 bits per heavy atom. The van der Waals surface area contributed by atoms with Crippen molar-refractivity contribution in [3.8, 4) is 5.75 Å². The van der Waals surface area contributed by atoms with Gasteiger partial charge in [-0.2, -0.15) is 0 Å². The van der Waals surface area contributed by atoms with Gasteiger partial charge in [-0.25, -0.2) is 0 Å².